The zero-order valence-corrected chi connectivity index (χ0v) is 11.1. The van der Waals surface area contributed by atoms with Crippen molar-refractivity contribution in [1.82, 2.24) is 4.31 Å². The van der Waals surface area contributed by atoms with Crippen LogP contribution in [0.1, 0.15) is 19.3 Å². The second kappa shape index (κ2) is 5.54. The molecule has 0 bridgehead atoms. The molecule has 1 fully saturated rings. The molecular weight excluding hydrogens is 270 g/mol. The lowest BCUT2D eigenvalue weighted by molar-refractivity contribution is -0.384. The van der Waals surface area contributed by atoms with E-state index in [1.54, 1.807) is 0 Å². The fourth-order valence-corrected chi connectivity index (χ4v) is 3.29. The van der Waals surface area contributed by atoms with Gasteiger partial charge in [-0.1, -0.05) is 12.5 Å². The van der Waals surface area contributed by atoms with Crippen LogP contribution in [0.3, 0.4) is 0 Å². The second-order valence-electron chi connectivity index (χ2n) is 4.37. The Kier molecular flexibility index (Phi) is 4.01. The summed E-state index contributed by atoms with van der Waals surface area (Å²) in [6.45, 7) is 0.981. The smallest absolute Gasteiger partial charge is 0.271 e. The molecule has 1 heterocycles. The molecule has 0 radical (unpaired) electrons. The summed E-state index contributed by atoms with van der Waals surface area (Å²) in [5, 5.41) is 10.6. The number of rotatable bonds is 4. The first kappa shape index (κ1) is 13.8. The molecular formula is C11H15N3O4S. The molecule has 0 spiro atoms. The molecule has 19 heavy (non-hydrogen) atoms. The number of piperidine rings is 1. The van der Waals surface area contributed by atoms with Gasteiger partial charge in [-0.3, -0.25) is 14.8 Å². The Bertz CT molecular complexity index is 567. The number of benzene rings is 1. The lowest BCUT2D eigenvalue weighted by Crippen LogP contribution is -2.39. The van der Waals surface area contributed by atoms with Crippen LogP contribution >= 0.6 is 0 Å². The zero-order chi connectivity index (χ0) is 13.9. The lowest BCUT2D eigenvalue weighted by atomic mass is 10.2. The number of non-ortho nitro benzene ring substituents is 1. The van der Waals surface area contributed by atoms with Gasteiger partial charge in [-0.2, -0.15) is 12.7 Å². The first-order chi connectivity index (χ1) is 8.99. The monoisotopic (exact) mass is 285 g/mol. The van der Waals surface area contributed by atoms with Gasteiger partial charge in [0.15, 0.2) is 0 Å². The summed E-state index contributed by atoms with van der Waals surface area (Å²) < 4.78 is 27.9. The SMILES string of the molecule is O=[N+]([O-])c1cccc(NS(=O)(=O)N2CCCCC2)c1. The number of nitrogens with one attached hydrogen (secondary N) is 1. The summed E-state index contributed by atoms with van der Waals surface area (Å²) in [5.74, 6) is 0. The average molecular weight is 285 g/mol. The number of nitro benzene ring substituents is 1. The average Bonchev–Trinajstić information content (AvgIpc) is 2.39. The molecule has 1 aliphatic rings. The van der Waals surface area contributed by atoms with E-state index >= 15 is 0 Å². The number of nitrogens with zero attached hydrogens (tertiary/aromatic N) is 2. The Morgan fingerprint density at radius 2 is 1.89 bits per heavy atom. The number of hydrogen-bond donors (Lipinski definition) is 1. The van der Waals surface area contributed by atoms with Gasteiger partial charge in [0.2, 0.25) is 0 Å². The number of nitro groups is 1. The topological polar surface area (TPSA) is 92.5 Å². The molecule has 1 N–H and O–H groups in total. The molecule has 0 atom stereocenters. The lowest BCUT2D eigenvalue weighted by Gasteiger charge is -2.26. The maximum atomic E-state index is 12.1. The van der Waals surface area contributed by atoms with Crippen LogP contribution in [0, 0.1) is 10.1 Å². The van der Waals surface area contributed by atoms with Gasteiger partial charge < -0.3 is 0 Å². The molecule has 7 nitrogen and oxygen atoms in total. The van der Waals surface area contributed by atoms with E-state index in [9.17, 15) is 18.5 Å². The molecule has 0 amide bonds. The maximum Gasteiger partial charge on any atom is 0.301 e. The third-order valence-corrected chi connectivity index (χ3v) is 4.50. The van der Waals surface area contributed by atoms with E-state index in [-0.39, 0.29) is 11.4 Å². The van der Waals surface area contributed by atoms with E-state index in [1.807, 2.05) is 0 Å². The zero-order valence-electron chi connectivity index (χ0n) is 10.3. The number of anilines is 1. The van der Waals surface area contributed by atoms with Gasteiger partial charge in [0.05, 0.1) is 10.6 Å². The summed E-state index contributed by atoms with van der Waals surface area (Å²) in [6.07, 6.45) is 2.72. The Balaban J connectivity index is 2.15. The summed E-state index contributed by atoms with van der Waals surface area (Å²) in [7, 11) is -3.62. The molecule has 0 aliphatic carbocycles. The van der Waals surface area contributed by atoms with Crippen molar-refractivity contribution in [1.29, 1.82) is 0 Å². The van der Waals surface area contributed by atoms with Crippen molar-refractivity contribution in [2.75, 3.05) is 17.8 Å². The van der Waals surface area contributed by atoms with Crippen molar-refractivity contribution in [3.05, 3.63) is 34.4 Å². The van der Waals surface area contributed by atoms with Gasteiger partial charge in [-0.15, -0.1) is 0 Å². The van der Waals surface area contributed by atoms with E-state index in [0.717, 1.165) is 19.3 Å². The standard InChI is InChI=1S/C11H15N3O4S/c15-14(16)11-6-4-5-10(9-11)12-19(17,18)13-7-2-1-3-8-13/h4-6,9,12H,1-3,7-8H2. The van der Waals surface area contributed by atoms with E-state index in [0.29, 0.717) is 13.1 Å². The first-order valence-corrected chi connectivity index (χ1v) is 7.45. The molecule has 0 aromatic heterocycles. The third kappa shape index (κ3) is 3.42. The normalized spacial score (nSPS) is 17.1. The molecule has 2 rings (SSSR count). The molecule has 0 unspecified atom stereocenters. The predicted octanol–water partition coefficient (Wildman–Crippen LogP) is 1.74. The van der Waals surface area contributed by atoms with Crippen molar-refractivity contribution < 1.29 is 13.3 Å². The van der Waals surface area contributed by atoms with E-state index < -0.39 is 15.1 Å². The van der Waals surface area contributed by atoms with Gasteiger partial charge >= 0.3 is 10.2 Å². The van der Waals surface area contributed by atoms with Crippen molar-refractivity contribution in [2.45, 2.75) is 19.3 Å². The Labute approximate surface area is 111 Å². The van der Waals surface area contributed by atoms with Gasteiger partial charge in [-0.05, 0) is 18.9 Å². The van der Waals surface area contributed by atoms with Gasteiger partial charge in [-0.25, -0.2) is 0 Å². The van der Waals surface area contributed by atoms with Crippen LogP contribution in [0.25, 0.3) is 0 Å². The molecule has 0 saturated carbocycles. The van der Waals surface area contributed by atoms with E-state index in [1.165, 1.54) is 28.6 Å². The highest BCUT2D eigenvalue weighted by Crippen LogP contribution is 2.20. The Morgan fingerprint density at radius 1 is 1.21 bits per heavy atom. The minimum atomic E-state index is -3.62. The molecule has 1 aromatic rings. The van der Waals surface area contributed by atoms with Crippen molar-refractivity contribution in [2.24, 2.45) is 0 Å². The van der Waals surface area contributed by atoms with Crippen LogP contribution in [0.5, 0.6) is 0 Å². The van der Waals surface area contributed by atoms with Crippen LogP contribution in [-0.2, 0) is 10.2 Å². The highest BCUT2D eigenvalue weighted by molar-refractivity contribution is 7.90. The minimum Gasteiger partial charge on any atom is -0.271 e. The fourth-order valence-electron chi connectivity index (χ4n) is 2.00. The highest BCUT2D eigenvalue weighted by atomic mass is 32.2. The fraction of sp³-hybridized carbons (Fsp3) is 0.455. The van der Waals surface area contributed by atoms with Crippen LogP contribution in [-0.4, -0.2) is 30.7 Å². The van der Waals surface area contributed by atoms with Crippen LogP contribution in [0.2, 0.25) is 0 Å². The highest BCUT2D eigenvalue weighted by Gasteiger charge is 2.24. The minimum absolute atomic E-state index is 0.140. The largest absolute Gasteiger partial charge is 0.301 e. The van der Waals surface area contributed by atoms with Gasteiger partial charge in [0, 0.05) is 25.2 Å². The molecule has 1 saturated heterocycles. The molecule has 104 valence electrons. The first-order valence-electron chi connectivity index (χ1n) is 6.01. The van der Waals surface area contributed by atoms with Crippen molar-refractivity contribution in [3.8, 4) is 0 Å². The summed E-state index contributed by atoms with van der Waals surface area (Å²) in [4.78, 5) is 10.1. The molecule has 8 heteroatoms. The molecule has 1 aliphatic heterocycles. The van der Waals surface area contributed by atoms with Gasteiger partial charge in [0.1, 0.15) is 0 Å². The van der Waals surface area contributed by atoms with Crippen molar-refractivity contribution >= 4 is 21.6 Å². The van der Waals surface area contributed by atoms with E-state index in [4.69, 9.17) is 0 Å². The van der Waals surface area contributed by atoms with Crippen LogP contribution < -0.4 is 4.72 Å². The predicted molar refractivity (Wildman–Crippen MR) is 71.1 cm³/mol. The Hall–Kier alpha value is -1.67. The molecule has 1 aromatic carbocycles. The maximum absolute atomic E-state index is 12.1. The summed E-state index contributed by atoms with van der Waals surface area (Å²) in [5.41, 5.74) is 0.0682. The second-order valence-corrected chi connectivity index (χ2v) is 6.04. The Morgan fingerprint density at radius 3 is 2.53 bits per heavy atom. The summed E-state index contributed by atoms with van der Waals surface area (Å²) >= 11 is 0. The van der Waals surface area contributed by atoms with Crippen LogP contribution in [0.15, 0.2) is 24.3 Å². The quantitative estimate of drug-likeness (QED) is 0.673. The van der Waals surface area contributed by atoms with Gasteiger partial charge in [0.25, 0.3) is 5.69 Å². The third-order valence-electron chi connectivity index (χ3n) is 2.96. The number of hydrogen-bond acceptors (Lipinski definition) is 4. The summed E-state index contributed by atoms with van der Waals surface area (Å²) in [6, 6.07) is 5.47. The van der Waals surface area contributed by atoms with E-state index in [2.05, 4.69) is 4.72 Å². The van der Waals surface area contributed by atoms with Crippen molar-refractivity contribution in [3.63, 3.8) is 0 Å². The van der Waals surface area contributed by atoms with Crippen LogP contribution in [0.4, 0.5) is 11.4 Å².